The number of carbonyl (C=O) groups excluding carboxylic acids is 3. The summed E-state index contributed by atoms with van der Waals surface area (Å²) in [6.45, 7) is 3.24. The molecular weight excluding hydrogens is 404 g/mol. The monoisotopic (exact) mass is 422 g/mol. The van der Waals surface area contributed by atoms with Crippen LogP contribution in [0, 0.1) is 10.1 Å². The van der Waals surface area contributed by atoms with E-state index in [9.17, 15) is 24.5 Å². The SMILES string of the molecule is CC(=O)O[C@@H]1[C@H](OC(C)=O)[C@H](OC(C)=O)CO[C@@H]1n1nnc2c([N+](=O)[O-])cccc21. The second-order valence-electron chi connectivity index (χ2n) is 6.46. The molecule has 0 radical (unpaired) electrons. The number of ether oxygens (including phenoxy) is 4. The third-order valence-corrected chi connectivity index (χ3v) is 4.24. The van der Waals surface area contributed by atoms with E-state index in [0.29, 0.717) is 0 Å². The van der Waals surface area contributed by atoms with Gasteiger partial charge in [-0.05, 0) is 6.07 Å². The van der Waals surface area contributed by atoms with Gasteiger partial charge in [-0.3, -0.25) is 24.5 Å². The van der Waals surface area contributed by atoms with Gasteiger partial charge in [0.05, 0.1) is 17.0 Å². The van der Waals surface area contributed by atoms with Crippen LogP contribution in [0.15, 0.2) is 18.2 Å². The molecule has 0 amide bonds. The Morgan fingerprint density at radius 3 is 2.33 bits per heavy atom. The molecule has 2 heterocycles. The zero-order valence-corrected chi connectivity index (χ0v) is 16.2. The van der Waals surface area contributed by atoms with Gasteiger partial charge in [0, 0.05) is 26.8 Å². The largest absolute Gasteiger partial charge is 0.456 e. The lowest BCUT2D eigenvalue weighted by Crippen LogP contribution is -2.55. The van der Waals surface area contributed by atoms with Crippen LogP contribution in [0.25, 0.3) is 11.0 Å². The molecular formula is C17H18N4O9. The van der Waals surface area contributed by atoms with Gasteiger partial charge >= 0.3 is 17.9 Å². The first-order valence-corrected chi connectivity index (χ1v) is 8.80. The molecule has 0 spiro atoms. The Labute approximate surface area is 169 Å². The van der Waals surface area contributed by atoms with Crippen LogP contribution < -0.4 is 0 Å². The van der Waals surface area contributed by atoms with Crippen LogP contribution in [0.3, 0.4) is 0 Å². The molecule has 160 valence electrons. The molecule has 0 unspecified atom stereocenters. The molecule has 1 aliphatic heterocycles. The average Bonchev–Trinajstić information content (AvgIpc) is 3.07. The Balaban J connectivity index is 2.07. The van der Waals surface area contributed by atoms with Crippen molar-refractivity contribution in [3.63, 3.8) is 0 Å². The quantitative estimate of drug-likeness (QED) is 0.288. The number of fused-ring (bicyclic) bond motifs is 1. The summed E-state index contributed by atoms with van der Waals surface area (Å²) in [4.78, 5) is 45.5. The third-order valence-electron chi connectivity index (χ3n) is 4.24. The van der Waals surface area contributed by atoms with E-state index in [2.05, 4.69) is 10.3 Å². The van der Waals surface area contributed by atoms with Crippen LogP contribution in [0.4, 0.5) is 5.69 Å². The summed E-state index contributed by atoms with van der Waals surface area (Å²) in [5, 5.41) is 19.0. The van der Waals surface area contributed by atoms with Crippen LogP contribution in [0.5, 0.6) is 0 Å². The van der Waals surface area contributed by atoms with Gasteiger partial charge in [-0.25, -0.2) is 4.68 Å². The first-order chi connectivity index (χ1) is 14.2. The minimum absolute atomic E-state index is 0.00109. The van der Waals surface area contributed by atoms with E-state index in [1.807, 2.05) is 0 Å². The van der Waals surface area contributed by atoms with Gasteiger partial charge in [0.1, 0.15) is 0 Å². The Morgan fingerprint density at radius 2 is 1.73 bits per heavy atom. The van der Waals surface area contributed by atoms with Crippen molar-refractivity contribution in [1.82, 2.24) is 15.0 Å². The van der Waals surface area contributed by atoms with E-state index in [-0.39, 0.29) is 23.3 Å². The molecule has 1 aliphatic rings. The molecule has 0 N–H and O–H groups in total. The van der Waals surface area contributed by atoms with E-state index in [0.717, 1.165) is 13.8 Å². The molecule has 13 nitrogen and oxygen atoms in total. The van der Waals surface area contributed by atoms with Gasteiger partial charge in [0.25, 0.3) is 5.69 Å². The minimum Gasteiger partial charge on any atom is -0.456 e. The van der Waals surface area contributed by atoms with Gasteiger partial charge in [0.15, 0.2) is 30.1 Å². The average molecular weight is 422 g/mol. The van der Waals surface area contributed by atoms with Gasteiger partial charge < -0.3 is 18.9 Å². The van der Waals surface area contributed by atoms with Crippen molar-refractivity contribution in [1.29, 1.82) is 0 Å². The van der Waals surface area contributed by atoms with E-state index < -0.39 is 47.4 Å². The normalized spacial score (nSPS) is 23.6. The lowest BCUT2D eigenvalue weighted by Gasteiger charge is -2.40. The van der Waals surface area contributed by atoms with Crippen molar-refractivity contribution in [2.45, 2.75) is 45.3 Å². The van der Waals surface area contributed by atoms with Crippen LogP contribution in [0.2, 0.25) is 0 Å². The predicted molar refractivity (Wildman–Crippen MR) is 95.8 cm³/mol. The molecule has 0 aliphatic carbocycles. The zero-order chi connectivity index (χ0) is 22.0. The maximum Gasteiger partial charge on any atom is 0.303 e. The van der Waals surface area contributed by atoms with Gasteiger partial charge in [-0.2, -0.15) is 0 Å². The number of benzene rings is 1. The molecule has 13 heteroatoms. The molecule has 1 aromatic carbocycles. The number of hydrogen-bond donors (Lipinski definition) is 0. The maximum atomic E-state index is 11.7. The van der Waals surface area contributed by atoms with Crippen LogP contribution in [-0.4, -0.2) is 62.7 Å². The van der Waals surface area contributed by atoms with Crippen molar-refractivity contribution < 1.29 is 38.3 Å². The number of rotatable bonds is 5. The minimum atomic E-state index is -1.27. The first-order valence-electron chi connectivity index (χ1n) is 8.80. The number of hydrogen-bond acceptors (Lipinski definition) is 11. The molecule has 0 bridgehead atoms. The van der Waals surface area contributed by atoms with Crippen LogP contribution >= 0.6 is 0 Å². The molecule has 4 atom stereocenters. The fourth-order valence-corrected chi connectivity index (χ4v) is 3.22. The number of aromatic nitrogens is 3. The lowest BCUT2D eigenvalue weighted by molar-refractivity contribution is -0.383. The topological polar surface area (TPSA) is 162 Å². The molecule has 1 saturated heterocycles. The Bertz CT molecular complexity index is 1000. The van der Waals surface area contributed by atoms with Crippen molar-refractivity contribution in [3.05, 3.63) is 28.3 Å². The van der Waals surface area contributed by atoms with E-state index in [1.54, 1.807) is 0 Å². The van der Waals surface area contributed by atoms with Crippen molar-refractivity contribution >= 4 is 34.6 Å². The number of nitrogens with zero attached hydrogens (tertiary/aromatic N) is 4. The first kappa shape index (κ1) is 21.1. The lowest BCUT2D eigenvalue weighted by atomic mass is 10.0. The van der Waals surface area contributed by atoms with Gasteiger partial charge in [-0.15, -0.1) is 5.10 Å². The Morgan fingerprint density at radius 1 is 1.10 bits per heavy atom. The molecule has 1 fully saturated rings. The molecule has 2 aromatic rings. The summed E-state index contributed by atoms with van der Waals surface area (Å²) in [6, 6.07) is 4.23. The molecule has 3 rings (SSSR count). The van der Waals surface area contributed by atoms with Crippen molar-refractivity contribution in [2.75, 3.05) is 6.61 Å². The smallest absolute Gasteiger partial charge is 0.303 e. The number of non-ortho nitro benzene ring substituents is 1. The summed E-state index contributed by atoms with van der Waals surface area (Å²) in [6.07, 6.45) is -4.67. The standard InChI is InChI=1S/C17H18N4O9/c1-8(22)28-13-7-27-17(16(30-10(3)24)15(13)29-9(2)23)20-11-5-4-6-12(21(25)26)14(11)18-19-20/h4-6,13,15-17H,7H2,1-3H3/t13-,15-,16-,17+/m1/s1. The number of carbonyl (C=O) groups is 3. The third kappa shape index (κ3) is 4.20. The highest BCUT2D eigenvalue weighted by atomic mass is 16.6. The van der Waals surface area contributed by atoms with E-state index in [4.69, 9.17) is 18.9 Å². The zero-order valence-electron chi connectivity index (χ0n) is 16.2. The number of esters is 3. The van der Waals surface area contributed by atoms with E-state index >= 15 is 0 Å². The summed E-state index contributed by atoms with van der Waals surface area (Å²) in [5.41, 5.74) is -0.0365. The predicted octanol–water partition coefficient (Wildman–Crippen LogP) is 0.663. The Kier molecular flexibility index (Phi) is 5.91. The van der Waals surface area contributed by atoms with Crippen LogP contribution in [0.1, 0.15) is 27.0 Å². The highest BCUT2D eigenvalue weighted by Crippen LogP contribution is 2.33. The second kappa shape index (κ2) is 8.41. The van der Waals surface area contributed by atoms with Gasteiger partial charge in [0.2, 0.25) is 0 Å². The Hall–Kier alpha value is -3.61. The fraction of sp³-hybridized carbons (Fsp3) is 0.471. The van der Waals surface area contributed by atoms with Gasteiger partial charge in [-0.1, -0.05) is 11.3 Å². The molecule has 1 aromatic heterocycles. The van der Waals surface area contributed by atoms with Crippen LogP contribution in [-0.2, 0) is 33.3 Å². The number of nitro groups is 1. The molecule has 30 heavy (non-hydrogen) atoms. The molecule has 0 saturated carbocycles. The highest BCUT2D eigenvalue weighted by Gasteiger charge is 2.48. The highest BCUT2D eigenvalue weighted by molar-refractivity contribution is 5.84. The number of nitro benzene ring substituents is 1. The van der Waals surface area contributed by atoms with Crippen molar-refractivity contribution in [2.24, 2.45) is 0 Å². The summed E-state index contributed by atoms with van der Waals surface area (Å²) in [5.74, 6) is -2.07. The van der Waals surface area contributed by atoms with Crippen molar-refractivity contribution in [3.8, 4) is 0 Å². The summed E-state index contributed by atoms with van der Waals surface area (Å²) in [7, 11) is 0. The summed E-state index contributed by atoms with van der Waals surface area (Å²) >= 11 is 0. The maximum absolute atomic E-state index is 11.7. The summed E-state index contributed by atoms with van der Waals surface area (Å²) < 4.78 is 22.7. The van der Waals surface area contributed by atoms with E-state index in [1.165, 1.54) is 29.8 Å². The second-order valence-corrected chi connectivity index (χ2v) is 6.46. The fourth-order valence-electron chi connectivity index (χ4n) is 3.22.